The van der Waals surface area contributed by atoms with Crippen LogP contribution in [0.1, 0.15) is 6.92 Å². The lowest BCUT2D eigenvalue weighted by molar-refractivity contribution is -0.129. The minimum absolute atomic E-state index is 0.747. The summed E-state index contributed by atoms with van der Waals surface area (Å²) < 4.78 is 41.6. The first kappa shape index (κ1) is 18.1. The molecule has 110 valence electrons. The Balaban J connectivity index is 4.61. The van der Waals surface area contributed by atoms with Crippen LogP contribution in [0.4, 0.5) is 0 Å². The third kappa shape index (κ3) is 4.66. The SMILES string of the molecule is CO[Si](OC)(OC)OC(C)O[Si](OC)(OC)OC. The van der Waals surface area contributed by atoms with E-state index < -0.39 is 24.4 Å². The van der Waals surface area contributed by atoms with Crippen LogP contribution in [0.5, 0.6) is 0 Å². The van der Waals surface area contributed by atoms with Crippen LogP contribution in [0, 0.1) is 0 Å². The zero-order valence-corrected chi connectivity index (χ0v) is 13.8. The highest BCUT2D eigenvalue weighted by Crippen LogP contribution is 2.17. The van der Waals surface area contributed by atoms with Crippen LogP contribution in [-0.2, 0) is 35.4 Å². The molecule has 0 spiro atoms. The van der Waals surface area contributed by atoms with Gasteiger partial charge in [0.2, 0.25) is 0 Å². The monoisotopic (exact) mass is 302 g/mol. The van der Waals surface area contributed by atoms with Crippen LogP contribution in [0.25, 0.3) is 0 Å². The molecule has 18 heavy (non-hydrogen) atoms. The zero-order chi connectivity index (χ0) is 14.2. The molecule has 0 amide bonds. The van der Waals surface area contributed by atoms with E-state index in [1.54, 1.807) is 6.92 Å². The highest BCUT2D eigenvalue weighted by atomic mass is 28.4. The summed E-state index contributed by atoms with van der Waals surface area (Å²) in [5.74, 6) is 0. The molecule has 0 radical (unpaired) electrons. The second kappa shape index (κ2) is 8.32. The van der Waals surface area contributed by atoms with Crippen LogP contribution in [0.15, 0.2) is 0 Å². The number of rotatable bonds is 10. The van der Waals surface area contributed by atoms with Crippen molar-refractivity contribution in [2.24, 2.45) is 0 Å². The van der Waals surface area contributed by atoms with Gasteiger partial charge in [-0.2, -0.15) is 0 Å². The van der Waals surface area contributed by atoms with E-state index in [4.69, 9.17) is 35.4 Å². The Morgan fingerprint density at radius 1 is 0.556 bits per heavy atom. The molecule has 0 aliphatic rings. The summed E-state index contributed by atoms with van der Waals surface area (Å²) in [5.41, 5.74) is 0. The largest absolute Gasteiger partial charge is 0.680 e. The molecule has 0 unspecified atom stereocenters. The van der Waals surface area contributed by atoms with Gasteiger partial charge in [0.15, 0.2) is 0 Å². The van der Waals surface area contributed by atoms with Crippen LogP contribution >= 0.6 is 0 Å². The minimum Gasteiger partial charge on any atom is -0.355 e. The van der Waals surface area contributed by atoms with Gasteiger partial charge < -0.3 is 35.4 Å². The summed E-state index contributed by atoms with van der Waals surface area (Å²) >= 11 is 0. The maximum atomic E-state index is 5.49. The molecule has 0 heterocycles. The fraction of sp³-hybridized carbons (Fsp3) is 1.00. The molecule has 0 aromatic heterocycles. The highest BCUT2D eigenvalue weighted by Gasteiger charge is 2.49. The lowest BCUT2D eigenvalue weighted by Crippen LogP contribution is -2.54. The maximum Gasteiger partial charge on any atom is 0.680 e. The molecule has 0 aliphatic heterocycles. The van der Waals surface area contributed by atoms with E-state index in [0.717, 1.165) is 0 Å². The van der Waals surface area contributed by atoms with Crippen molar-refractivity contribution in [2.75, 3.05) is 42.7 Å². The van der Waals surface area contributed by atoms with Gasteiger partial charge in [-0.3, -0.25) is 0 Å². The first-order valence-corrected chi connectivity index (χ1v) is 8.40. The Labute approximate surface area is 110 Å². The normalized spacial score (nSPS) is 13.3. The third-order valence-corrected chi connectivity index (χ3v) is 6.36. The van der Waals surface area contributed by atoms with Crippen LogP contribution < -0.4 is 0 Å². The molecule has 0 N–H and O–H groups in total. The Morgan fingerprint density at radius 3 is 0.944 bits per heavy atom. The fourth-order valence-electron chi connectivity index (χ4n) is 1.22. The molecule has 0 fully saturated rings. The van der Waals surface area contributed by atoms with Gasteiger partial charge in [-0.1, -0.05) is 0 Å². The molecule has 0 aromatic rings. The Hall–Kier alpha value is 0.114. The lowest BCUT2D eigenvalue weighted by Gasteiger charge is -2.30. The van der Waals surface area contributed by atoms with Gasteiger partial charge in [0, 0.05) is 42.7 Å². The van der Waals surface area contributed by atoms with Crippen LogP contribution in [0.3, 0.4) is 0 Å². The van der Waals surface area contributed by atoms with Gasteiger partial charge in [0.25, 0.3) is 0 Å². The average molecular weight is 302 g/mol. The van der Waals surface area contributed by atoms with Crippen molar-refractivity contribution in [1.29, 1.82) is 0 Å². The molecule has 0 bridgehead atoms. The third-order valence-electron chi connectivity index (χ3n) is 2.12. The fourth-order valence-corrected chi connectivity index (χ4v) is 3.80. The van der Waals surface area contributed by atoms with E-state index in [1.807, 2.05) is 0 Å². The standard InChI is InChI=1S/C8H22O8Si2/c1-8(15-17(9-2,10-3)11-4)16-18(12-5,13-6)14-7/h8H,1-7H3. The smallest absolute Gasteiger partial charge is 0.355 e. The summed E-state index contributed by atoms with van der Waals surface area (Å²) in [7, 11) is 2.20. The predicted octanol–water partition coefficient (Wildman–Crippen LogP) is 0.115. The van der Waals surface area contributed by atoms with E-state index in [1.165, 1.54) is 42.7 Å². The van der Waals surface area contributed by atoms with Gasteiger partial charge >= 0.3 is 18.1 Å². The molecule has 0 saturated heterocycles. The minimum atomic E-state index is -3.19. The molecule has 0 atom stereocenters. The predicted molar refractivity (Wildman–Crippen MR) is 65.2 cm³/mol. The van der Waals surface area contributed by atoms with E-state index >= 15 is 0 Å². The van der Waals surface area contributed by atoms with Crippen molar-refractivity contribution < 1.29 is 35.4 Å². The van der Waals surface area contributed by atoms with E-state index in [-0.39, 0.29) is 0 Å². The van der Waals surface area contributed by atoms with Crippen molar-refractivity contribution >= 4 is 18.1 Å². The Kier molecular flexibility index (Phi) is 8.37. The molecule has 0 aromatic carbocycles. The molecule has 0 saturated carbocycles. The average Bonchev–Trinajstić information content (AvgIpc) is 2.42. The molecule has 10 heteroatoms. The van der Waals surface area contributed by atoms with E-state index in [9.17, 15) is 0 Å². The van der Waals surface area contributed by atoms with Crippen molar-refractivity contribution in [3.63, 3.8) is 0 Å². The second-order valence-electron chi connectivity index (χ2n) is 3.03. The maximum absolute atomic E-state index is 5.49. The first-order valence-electron chi connectivity index (χ1n) is 5.13. The van der Waals surface area contributed by atoms with Gasteiger partial charge in [-0.25, -0.2) is 0 Å². The van der Waals surface area contributed by atoms with Gasteiger partial charge in [-0.15, -0.1) is 0 Å². The molecule has 0 rings (SSSR count). The van der Waals surface area contributed by atoms with Crippen LogP contribution in [-0.4, -0.2) is 67.0 Å². The Morgan fingerprint density at radius 2 is 0.778 bits per heavy atom. The van der Waals surface area contributed by atoms with Gasteiger partial charge in [-0.05, 0) is 6.92 Å². The van der Waals surface area contributed by atoms with E-state index in [2.05, 4.69) is 0 Å². The van der Waals surface area contributed by atoms with E-state index in [0.29, 0.717) is 0 Å². The lowest BCUT2D eigenvalue weighted by atomic mass is 10.8. The Bertz CT molecular complexity index is 183. The van der Waals surface area contributed by atoms with Gasteiger partial charge in [0.1, 0.15) is 6.29 Å². The summed E-state index contributed by atoms with van der Waals surface area (Å²) in [6, 6.07) is 0. The summed E-state index contributed by atoms with van der Waals surface area (Å²) in [5, 5.41) is 0. The molecule has 0 aliphatic carbocycles. The molecular formula is C8H22O8Si2. The summed E-state index contributed by atoms with van der Waals surface area (Å²) in [6.45, 7) is 1.64. The summed E-state index contributed by atoms with van der Waals surface area (Å²) in [6.07, 6.45) is -0.747. The number of hydrogen-bond acceptors (Lipinski definition) is 8. The number of hydrogen-bond donors (Lipinski definition) is 0. The molecular weight excluding hydrogens is 280 g/mol. The van der Waals surface area contributed by atoms with Crippen LogP contribution in [0.2, 0.25) is 0 Å². The topological polar surface area (TPSA) is 73.8 Å². The summed E-state index contributed by atoms with van der Waals surface area (Å²) in [4.78, 5) is 0. The van der Waals surface area contributed by atoms with Crippen molar-refractivity contribution in [3.05, 3.63) is 0 Å². The van der Waals surface area contributed by atoms with Crippen molar-refractivity contribution in [3.8, 4) is 0 Å². The van der Waals surface area contributed by atoms with Gasteiger partial charge in [0.05, 0.1) is 0 Å². The quantitative estimate of drug-likeness (QED) is 0.416. The first-order chi connectivity index (χ1) is 8.46. The van der Waals surface area contributed by atoms with Crippen molar-refractivity contribution in [1.82, 2.24) is 0 Å². The zero-order valence-electron chi connectivity index (χ0n) is 11.8. The highest BCUT2D eigenvalue weighted by molar-refractivity contribution is 6.54. The second-order valence-corrected chi connectivity index (χ2v) is 7.95. The van der Waals surface area contributed by atoms with Crippen molar-refractivity contribution in [2.45, 2.75) is 13.2 Å². The molecule has 8 nitrogen and oxygen atoms in total.